The van der Waals surface area contributed by atoms with Crippen molar-refractivity contribution in [2.75, 3.05) is 7.11 Å². The highest BCUT2D eigenvalue weighted by Crippen LogP contribution is 2.45. The zero-order valence-electron chi connectivity index (χ0n) is 14.2. The van der Waals surface area contributed by atoms with Gasteiger partial charge in [-0.05, 0) is 43.2 Å². The Bertz CT molecular complexity index is 759. The fourth-order valence-corrected chi connectivity index (χ4v) is 2.98. The first-order valence-electron chi connectivity index (χ1n) is 7.78. The van der Waals surface area contributed by atoms with Crippen LogP contribution in [0.4, 0.5) is 0 Å². The van der Waals surface area contributed by atoms with E-state index in [1.165, 1.54) is 6.07 Å². The molecule has 1 aromatic heterocycles. The summed E-state index contributed by atoms with van der Waals surface area (Å²) in [5, 5.41) is 2.30. The number of aromatic nitrogens is 1. The third kappa shape index (κ3) is 2.72. The maximum Gasteiger partial charge on any atom is 0.328 e. The van der Waals surface area contributed by atoms with Gasteiger partial charge in [0.1, 0.15) is 5.75 Å². The van der Waals surface area contributed by atoms with Gasteiger partial charge in [0.25, 0.3) is 5.56 Å². The van der Waals surface area contributed by atoms with E-state index in [4.69, 9.17) is 13.9 Å². The predicted molar refractivity (Wildman–Crippen MR) is 90.5 cm³/mol. The quantitative estimate of drug-likeness (QED) is 0.885. The van der Waals surface area contributed by atoms with E-state index in [1.807, 2.05) is 18.2 Å². The Morgan fingerprint density at radius 1 is 1.22 bits per heavy atom. The molecular formula is C17H22BNO4. The largest absolute Gasteiger partial charge is 0.496 e. The number of rotatable bonds is 3. The molecule has 1 aliphatic rings. The van der Waals surface area contributed by atoms with Crippen molar-refractivity contribution in [3.05, 3.63) is 34.6 Å². The normalized spacial score (nSPS) is 19.1. The molecule has 2 heterocycles. The molecule has 0 amide bonds. The number of nitrogens with one attached hydrogen (secondary N) is 1. The van der Waals surface area contributed by atoms with Crippen molar-refractivity contribution < 1.29 is 13.9 Å². The Hall–Kier alpha value is -1.95. The summed E-state index contributed by atoms with van der Waals surface area (Å²) in [5.74, 6) is 1.13. The predicted octanol–water partition coefficient (Wildman–Crippen LogP) is 2.68. The lowest BCUT2D eigenvalue weighted by molar-refractivity contribution is 0.0375. The Morgan fingerprint density at radius 2 is 1.96 bits per heavy atom. The Morgan fingerprint density at radius 3 is 2.48 bits per heavy atom. The van der Waals surface area contributed by atoms with Crippen LogP contribution >= 0.6 is 0 Å². The van der Waals surface area contributed by atoms with Crippen LogP contribution in [0.2, 0.25) is 6.32 Å². The summed E-state index contributed by atoms with van der Waals surface area (Å²) in [6, 6.07) is 7.29. The van der Waals surface area contributed by atoms with Gasteiger partial charge in [-0.2, -0.15) is 5.16 Å². The summed E-state index contributed by atoms with van der Waals surface area (Å²) >= 11 is 0. The van der Waals surface area contributed by atoms with Crippen molar-refractivity contribution in [2.45, 2.75) is 39.6 Å². The number of H-pyrrole nitrogens is 1. The lowest BCUT2D eigenvalue weighted by Gasteiger charge is -2.34. The molecule has 0 spiro atoms. The second-order valence-electron chi connectivity index (χ2n) is 7.24. The third-order valence-corrected chi connectivity index (χ3v) is 5.15. The molecule has 0 bridgehead atoms. The SMILES string of the molecule is COc1cc(B2CC(C)(C)C(C)(C)O2)ccc1-c1cc(=O)[nH]o1. The second kappa shape index (κ2) is 5.30. The standard InChI is InChI=1S/C17H22BNO4/c1-16(2)10-18(23-17(16,3)4)11-6-7-12(13(8-11)21-5)14-9-15(20)19-22-14/h6-9H,10H2,1-5H3,(H,19,20). The van der Waals surface area contributed by atoms with Crippen LogP contribution in [0.3, 0.4) is 0 Å². The van der Waals surface area contributed by atoms with E-state index < -0.39 is 0 Å². The lowest BCUT2D eigenvalue weighted by atomic mass is 9.54. The maximum atomic E-state index is 11.3. The molecule has 1 saturated heterocycles. The first-order chi connectivity index (χ1) is 10.7. The van der Waals surface area contributed by atoms with Gasteiger partial charge in [-0.25, -0.2) is 0 Å². The van der Waals surface area contributed by atoms with Crippen molar-refractivity contribution in [1.82, 2.24) is 5.16 Å². The van der Waals surface area contributed by atoms with Gasteiger partial charge in [0.2, 0.25) is 0 Å². The summed E-state index contributed by atoms with van der Waals surface area (Å²) in [6.45, 7) is 8.75. The van der Waals surface area contributed by atoms with Gasteiger partial charge in [-0.3, -0.25) is 4.79 Å². The highest BCUT2D eigenvalue weighted by molar-refractivity contribution is 6.68. The van der Waals surface area contributed by atoms with Crippen LogP contribution in [0, 0.1) is 5.41 Å². The van der Waals surface area contributed by atoms with E-state index >= 15 is 0 Å². The molecule has 0 aliphatic carbocycles. The maximum absolute atomic E-state index is 11.3. The fraction of sp³-hybridized carbons (Fsp3) is 0.471. The van der Waals surface area contributed by atoms with Crippen LogP contribution in [0.1, 0.15) is 27.7 Å². The van der Waals surface area contributed by atoms with Crippen LogP contribution in [0.5, 0.6) is 5.75 Å². The first-order valence-corrected chi connectivity index (χ1v) is 7.78. The van der Waals surface area contributed by atoms with E-state index in [1.54, 1.807) is 7.11 Å². The van der Waals surface area contributed by atoms with E-state index in [0.717, 1.165) is 17.3 Å². The highest BCUT2D eigenvalue weighted by Gasteiger charge is 2.49. The number of aromatic amines is 1. The molecule has 0 unspecified atom stereocenters. The van der Waals surface area contributed by atoms with Gasteiger partial charge >= 0.3 is 6.92 Å². The lowest BCUT2D eigenvalue weighted by Crippen LogP contribution is -2.36. The van der Waals surface area contributed by atoms with E-state index in [0.29, 0.717) is 11.5 Å². The van der Waals surface area contributed by atoms with Gasteiger partial charge < -0.3 is 13.9 Å². The van der Waals surface area contributed by atoms with Gasteiger partial charge in [-0.1, -0.05) is 19.9 Å². The van der Waals surface area contributed by atoms with Gasteiger partial charge in [0.05, 0.1) is 24.3 Å². The number of ether oxygens (including phenoxy) is 1. The summed E-state index contributed by atoms with van der Waals surface area (Å²) < 4.78 is 16.9. The molecule has 1 aliphatic heterocycles. The van der Waals surface area contributed by atoms with Crippen molar-refractivity contribution in [2.24, 2.45) is 5.41 Å². The summed E-state index contributed by atoms with van der Waals surface area (Å²) in [6.07, 6.45) is 0.946. The summed E-state index contributed by atoms with van der Waals surface area (Å²) in [7, 11) is 1.61. The average molecular weight is 315 g/mol. The summed E-state index contributed by atoms with van der Waals surface area (Å²) in [5.41, 5.74) is 1.45. The molecule has 0 atom stereocenters. The topological polar surface area (TPSA) is 64.5 Å². The van der Waals surface area contributed by atoms with Crippen LogP contribution in [0.25, 0.3) is 11.3 Å². The number of hydrogen-bond acceptors (Lipinski definition) is 4. The molecule has 0 saturated carbocycles. The van der Waals surface area contributed by atoms with Gasteiger partial charge in [0, 0.05) is 0 Å². The van der Waals surface area contributed by atoms with E-state index in [9.17, 15) is 4.79 Å². The molecule has 23 heavy (non-hydrogen) atoms. The van der Waals surface area contributed by atoms with Crippen molar-refractivity contribution in [1.29, 1.82) is 0 Å². The van der Waals surface area contributed by atoms with Crippen molar-refractivity contribution in [3.8, 4) is 17.1 Å². The highest BCUT2D eigenvalue weighted by atomic mass is 16.5. The van der Waals surface area contributed by atoms with Gasteiger partial charge in [-0.15, -0.1) is 0 Å². The average Bonchev–Trinajstić information content (AvgIpc) is 2.99. The molecule has 122 valence electrons. The zero-order chi connectivity index (χ0) is 16.8. The molecular weight excluding hydrogens is 293 g/mol. The molecule has 1 aromatic carbocycles. The molecule has 1 fully saturated rings. The van der Waals surface area contributed by atoms with Crippen molar-refractivity contribution >= 4 is 12.4 Å². The molecule has 1 N–H and O–H groups in total. The van der Waals surface area contributed by atoms with Gasteiger partial charge in [0.15, 0.2) is 5.76 Å². The van der Waals surface area contributed by atoms with Crippen LogP contribution in [-0.4, -0.2) is 24.8 Å². The first kappa shape index (κ1) is 15.9. The molecule has 6 heteroatoms. The minimum absolute atomic E-state index is 0.0289. The van der Waals surface area contributed by atoms with Crippen LogP contribution < -0.4 is 15.8 Å². The smallest absolute Gasteiger partial charge is 0.328 e. The Labute approximate surface area is 136 Å². The Balaban J connectivity index is 1.96. The minimum atomic E-state index is -0.270. The molecule has 3 rings (SSSR count). The Kier molecular flexibility index (Phi) is 3.67. The zero-order valence-corrected chi connectivity index (χ0v) is 14.2. The molecule has 0 radical (unpaired) electrons. The molecule has 2 aromatic rings. The number of hydrogen-bond donors (Lipinski definition) is 1. The fourth-order valence-electron chi connectivity index (χ4n) is 2.98. The monoisotopic (exact) mass is 315 g/mol. The minimum Gasteiger partial charge on any atom is -0.496 e. The molecule has 5 nitrogen and oxygen atoms in total. The number of benzene rings is 1. The number of methoxy groups -OCH3 is 1. The van der Waals surface area contributed by atoms with Crippen molar-refractivity contribution in [3.63, 3.8) is 0 Å². The van der Waals surface area contributed by atoms with Crippen LogP contribution in [-0.2, 0) is 4.65 Å². The third-order valence-electron chi connectivity index (χ3n) is 5.15. The summed E-state index contributed by atoms with van der Waals surface area (Å²) in [4.78, 5) is 11.3. The van der Waals surface area contributed by atoms with E-state index in [-0.39, 0.29) is 23.5 Å². The second-order valence-corrected chi connectivity index (χ2v) is 7.24. The van der Waals surface area contributed by atoms with E-state index in [2.05, 4.69) is 32.9 Å². The van der Waals surface area contributed by atoms with Crippen LogP contribution in [0.15, 0.2) is 33.6 Å².